The lowest BCUT2D eigenvalue weighted by atomic mass is 10.1. The van der Waals surface area contributed by atoms with Crippen molar-refractivity contribution in [3.63, 3.8) is 0 Å². The van der Waals surface area contributed by atoms with Gasteiger partial charge in [-0.25, -0.2) is 0 Å². The summed E-state index contributed by atoms with van der Waals surface area (Å²) in [5.41, 5.74) is 2.44. The molecule has 0 fully saturated rings. The van der Waals surface area contributed by atoms with Crippen molar-refractivity contribution in [3.05, 3.63) is 58.1 Å². The molecule has 2 amide bonds. The number of para-hydroxylation sites is 1. The van der Waals surface area contributed by atoms with Crippen LogP contribution in [0.2, 0.25) is 10.0 Å². The van der Waals surface area contributed by atoms with Crippen molar-refractivity contribution in [2.75, 3.05) is 24.7 Å². The molecule has 0 aliphatic heterocycles. The van der Waals surface area contributed by atoms with E-state index < -0.39 is 0 Å². The number of thioether (sulfide) groups is 1. The molecule has 3 rings (SSSR count). The molecule has 0 spiro atoms. The highest BCUT2D eigenvalue weighted by molar-refractivity contribution is 7.99. The zero-order valence-electron chi connectivity index (χ0n) is 17.9. The number of benzene rings is 2. The SMILES string of the molecule is CCn1c(SCC(=O)N(C)CC(=O)Nc2c(Cl)cccc2Cl)nnc1-c1cccc(C)c1. The van der Waals surface area contributed by atoms with E-state index >= 15 is 0 Å². The predicted molar refractivity (Wildman–Crippen MR) is 129 cm³/mol. The number of rotatable bonds is 8. The first-order valence-electron chi connectivity index (χ1n) is 9.91. The first kappa shape index (κ1) is 24.1. The Balaban J connectivity index is 1.60. The third kappa shape index (κ3) is 5.82. The van der Waals surface area contributed by atoms with E-state index in [1.54, 1.807) is 25.2 Å². The van der Waals surface area contributed by atoms with Crippen LogP contribution in [0.5, 0.6) is 0 Å². The predicted octanol–water partition coefficient (Wildman–Crippen LogP) is 4.77. The van der Waals surface area contributed by atoms with Gasteiger partial charge >= 0.3 is 0 Å². The second kappa shape index (κ2) is 10.8. The second-order valence-electron chi connectivity index (χ2n) is 7.10. The topological polar surface area (TPSA) is 80.1 Å². The number of carbonyl (C=O) groups is 2. The summed E-state index contributed by atoms with van der Waals surface area (Å²) in [4.78, 5) is 26.3. The molecule has 0 radical (unpaired) electrons. The molecule has 2 aromatic carbocycles. The number of anilines is 1. The third-order valence-corrected chi connectivity index (χ3v) is 6.25. The zero-order valence-corrected chi connectivity index (χ0v) is 20.3. The average molecular weight is 492 g/mol. The summed E-state index contributed by atoms with van der Waals surface area (Å²) in [5, 5.41) is 12.5. The largest absolute Gasteiger partial charge is 0.336 e. The highest BCUT2D eigenvalue weighted by atomic mass is 35.5. The smallest absolute Gasteiger partial charge is 0.244 e. The van der Waals surface area contributed by atoms with Crippen LogP contribution in [0.1, 0.15) is 12.5 Å². The Hall–Kier alpha value is -2.55. The molecule has 1 aromatic heterocycles. The van der Waals surface area contributed by atoms with E-state index in [4.69, 9.17) is 23.2 Å². The number of amides is 2. The lowest BCUT2D eigenvalue weighted by molar-refractivity contribution is -0.131. The number of nitrogens with one attached hydrogen (secondary N) is 1. The fourth-order valence-electron chi connectivity index (χ4n) is 3.01. The van der Waals surface area contributed by atoms with Crippen LogP contribution in [-0.4, -0.2) is 50.8 Å². The quantitative estimate of drug-likeness (QED) is 0.459. The molecule has 0 unspecified atom stereocenters. The monoisotopic (exact) mass is 491 g/mol. The Labute approximate surface area is 201 Å². The van der Waals surface area contributed by atoms with E-state index in [9.17, 15) is 9.59 Å². The van der Waals surface area contributed by atoms with Crippen molar-refractivity contribution in [3.8, 4) is 11.4 Å². The van der Waals surface area contributed by atoms with E-state index in [2.05, 4.69) is 15.5 Å². The Bertz CT molecular complexity index is 1120. The molecular formula is C22H23Cl2N5O2S. The minimum absolute atomic E-state index is 0.128. The number of carbonyl (C=O) groups excluding carboxylic acids is 2. The molecule has 1 heterocycles. The molecule has 0 aliphatic carbocycles. The minimum Gasteiger partial charge on any atom is -0.336 e. The van der Waals surface area contributed by atoms with Gasteiger partial charge in [0.2, 0.25) is 11.8 Å². The molecule has 10 heteroatoms. The molecule has 7 nitrogen and oxygen atoms in total. The van der Waals surface area contributed by atoms with E-state index in [0.29, 0.717) is 27.4 Å². The van der Waals surface area contributed by atoms with Crippen LogP contribution in [0, 0.1) is 6.92 Å². The lowest BCUT2D eigenvalue weighted by Gasteiger charge is -2.17. The first-order chi connectivity index (χ1) is 15.3. The Morgan fingerprint density at radius 1 is 1.12 bits per heavy atom. The van der Waals surface area contributed by atoms with Crippen LogP contribution < -0.4 is 5.32 Å². The molecule has 0 bridgehead atoms. The number of halogens is 2. The number of nitrogens with zero attached hydrogens (tertiary/aromatic N) is 4. The first-order valence-corrected chi connectivity index (χ1v) is 11.6. The van der Waals surface area contributed by atoms with Gasteiger partial charge in [-0.3, -0.25) is 9.59 Å². The van der Waals surface area contributed by atoms with Gasteiger partial charge in [-0.15, -0.1) is 10.2 Å². The van der Waals surface area contributed by atoms with Gasteiger partial charge in [0.15, 0.2) is 11.0 Å². The Kier molecular flexibility index (Phi) is 8.17. The van der Waals surface area contributed by atoms with Crippen LogP contribution in [0.25, 0.3) is 11.4 Å². The van der Waals surface area contributed by atoms with Crippen LogP contribution in [0.4, 0.5) is 5.69 Å². The maximum Gasteiger partial charge on any atom is 0.244 e. The standard InChI is InChI=1S/C22H23Cl2N5O2S/c1-4-29-21(15-8-5-7-14(2)11-15)26-27-22(29)32-13-19(31)28(3)12-18(30)25-20-16(23)9-6-10-17(20)24/h5-11H,4,12-13H2,1-3H3,(H,25,30). The number of hydrogen-bond acceptors (Lipinski definition) is 5. The van der Waals surface area contributed by atoms with Gasteiger partial charge in [0.25, 0.3) is 0 Å². The second-order valence-corrected chi connectivity index (χ2v) is 8.86. The molecule has 32 heavy (non-hydrogen) atoms. The molecule has 0 saturated carbocycles. The fraction of sp³-hybridized carbons (Fsp3) is 0.273. The summed E-state index contributed by atoms with van der Waals surface area (Å²) >= 11 is 13.4. The summed E-state index contributed by atoms with van der Waals surface area (Å²) in [6, 6.07) is 13.0. The van der Waals surface area contributed by atoms with E-state index in [-0.39, 0.29) is 24.1 Å². The van der Waals surface area contributed by atoms with Crippen LogP contribution in [-0.2, 0) is 16.1 Å². The van der Waals surface area contributed by atoms with Crippen molar-refractivity contribution >= 4 is 52.5 Å². The molecule has 0 aliphatic rings. The van der Waals surface area contributed by atoms with Crippen molar-refractivity contribution in [2.24, 2.45) is 0 Å². The van der Waals surface area contributed by atoms with Gasteiger partial charge in [-0.2, -0.15) is 0 Å². The van der Waals surface area contributed by atoms with E-state index in [1.165, 1.54) is 16.7 Å². The van der Waals surface area contributed by atoms with Crippen molar-refractivity contribution in [2.45, 2.75) is 25.5 Å². The highest BCUT2D eigenvalue weighted by Crippen LogP contribution is 2.29. The highest BCUT2D eigenvalue weighted by Gasteiger charge is 2.18. The summed E-state index contributed by atoms with van der Waals surface area (Å²) in [6.45, 7) is 4.57. The van der Waals surface area contributed by atoms with Crippen LogP contribution in [0.15, 0.2) is 47.6 Å². The molecule has 3 aromatic rings. The number of aryl methyl sites for hydroxylation is 1. The van der Waals surface area contributed by atoms with Gasteiger partial charge in [0.05, 0.1) is 28.0 Å². The average Bonchev–Trinajstić information content (AvgIpc) is 3.17. The van der Waals surface area contributed by atoms with Gasteiger partial charge in [0, 0.05) is 19.2 Å². The van der Waals surface area contributed by atoms with Gasteiger partial charge in [-0.05, 0) is 32.0 Å². The van der Waals surface area contributed by atoms with Crippen molar-refractivity contribution in [1.82, 2.24) is 19.7 Å². The number of likely N-dealkylation sites (N-methyl/N-ethyl adjacent to an activating group) is 1. The summed E-state index contributed by atoms with van der Waals surface area (Å²) < 4.78 is 1.97. The van der Waals surface area contributed by atoms with Crippen LogP contribution in [0.3, 0.4) is 0 Å². The summed E-state index contributed by atoms with van der Waals surface area (Å²) in [5.74, 6) is 0.288. The molecule has 0 atom stereocenters. The Morgan fingerprint density at radius 2 is 1.81 bits per heavy atom. The number of aromatic nitrogens is 3. The molecular weight excluding hydrogens is 469 g/mol. The molecule has 0 saturated heterocycles. The Morgan fingerprint density at radius 3 is 2.47 bits per heavy atom. The lowest BCUT2D eigenvalue weighted by Crippen LogP contribution is -2.36. The summed E-state index contributed by atoms with van der Waals surface area (Å²) in [7, 11) is 1.57. The van der Waals surface area contributed by atoms with Gasteiger partial charge < -0.3 is 14.8 Å². The summed E-state index contributed by atoms with van der Waals surface area (Å²) in [6.07, 6.45) is 0. The maximum absolute atomic E-state index is 12.6. The molecule has 1 N–H and O–H groups in total. The molecule has 168 valence electrons. The van der Waals surface area contributed by atoms with E-state index in [1.807, 2.05) is 42.7 Å². The van der Waals surface area contributed by atoms with Crippen molar-refractivity contribution in [1.29, 1.82) is 0 Å². The van der Waals surface area contributed by atoms with Gasteiger partial charge in [0.1, 0.15) is 0 Å². The minimum atomic E-state index is -0.390. The number of hydrogen-bond donors (Lipinski definition) is 1. The fourth-order valence-corrected chi connectivity index (χ4v) is 4.45. The van der Waals surface area contributed by atoms with E-state index in [0.717, 1.165) is 17.0 Å². The normalized spacial score (nSPS) is 10.8. The third-order valence-electron chi connectivity index (χ3n) is 4.67. The van der Waals surface area contributed by atoms with Crippen LogP contribution >= 0.6 is 35.0 Å². The zero-order chi connectivity index (χ0) is 23.3. The van der Waals surface area contributed by atoms with Gasteiger partial charge in [-0.1, -0.05) is 64.8 Å². The van der Waals surface area contributed by atoms with Crippen molar-refractivity contribution < 1.29 is 9.59 Å². The maximum atomic E-state index is 12.6.